The number of nitrogens with zero attached hydrogens (tertiary/aromatic N) is 1. The first kappa shape index (κ1) is 14.7. The molecule has 0 spiro atoms. The Morgan fingerprint density at radius 2 is 2.00 bits per heavy atom. The first-order valence-corrected chi connectivity index (χ1v) is 7.12. The van der Waals surface area contributed by atoms with Crippen LogP contribution in [0.15, 0.2) is 0 Å². The molecule has 1 amide bonds. The number of nitrogens with one attached hydrogen (secondary N) is 1. The number of nitrogens with two attached hydrogens (primary N) is 1. The minimum atomic E-state index is -0.793. The van der Waals surface area contributed by atoms with E-state index in [0.717, 1.165) is 25.9 Å². The Hall–Kier alpha value is -0.690. The molecule has 0 bridgehead atoms. The van der Waals surface area contributed by atoms with Gasteiger partial charge in [0, 0.05) is 51.7 Å². The summed E-state index contributed by atoms with van der Waals surface area (Å²) in [6.07, 6.45) is 3.08. The molecule has 110 valence electrons. The Morgan fingerprint density at radius 3 is 2.63 bits per heavy atom. The summed E-state index contributed by atoms with van der Waals surface area (Å²) in [6.45, 7) is 3.62. The summed E-state index contributed by atoms with van der Waals surface area (Å²) >= 11 is 0. The molecule has 0 unspecified atom stereocenters. The van der Waals surface area contributed by atoms with Gasteiger partial charge in [0.2, 0.25) is 5.91 Å². The quantitative estimate of drug-likeness (QED) is 0.615. The van der Waals surface area contributed by atoms with Gasteiger partial charge in [-0.3, -0.25) is 9.69 Å². The number of rotatable bonds is 4. The average molecular weight is 271 g/mol. The molecular weight excluding hydrogens is 246 g/mol. The first-order chi connectivity index (χ1) is 9.07. The summed E-state index contributed by atoms with van der Waals surface area (Å²) in [5, 5.41) is 13.1. The molecule has 6 heteroatoms. The largest absolute Gasteiger partial charge is 0.388 e. The third-order valence-electron chi connectivity index (χ3n) is 4.04. The van der Waals surface area contributed by atoms with Crippen molar-refractivity contribution in [2.24, 2.45) is 5.73 Å². The zero-order valence-corrected chi connectivity index (χ0v) is 11.4. The topological polar surface area (TPSA) is 87.8 Å². The summed E-state index contributed by atoms with van der Waals surface area (Å²) in [4.78, 5) is 14.0. The molecule has 0 aromatic carbocycles. The van der Waals surface area contributed by atoms with Crippen LogP contribution in [0.1, 0.15) is 25.7 Å². The zero-order valence-electron chi connectivity index (χ0n) is 11.4. The van der Waals surface area contributed by atoms with E-state index >= 15 is 0 Å². The molecule has 2 saturated heterocycles. The van der Waals surface area contributed by atoms with Gasteiger partial charge in [-0.1, -0.05) is 0 Å². The van der Waals surface area contributed by atoms with Gasteiger partial charge in [0.15, 0.2) is 0 Å². The van der Waals surface area contributed by atoms with Crippen molar-refractivity contribution in [1.29, 1.82) is 0 Å². The molecule has 2 fully saturated rings. The maximum atomic E-state index is 11.9. The normalized spacial score (nSPS) is 25.2. The number of piperidine rings is 1. The summed E-state index contributed by atoms with van der Waals surface area (Å²) < 4.78 is 5.21. The van der Waals surface area contributed by atoms with Crippen molar-refractivity contribution >= 4 is 5.91 Å². The SMILES string of the molecule is NC1CCN(CC(=O)NCC2(O)CCOCC2)CC1. The van der Waals surface area contributed by atoms with E-state index in [1.54, 1.807) is 0 Å². The molecule has 0 saturated carbocycles. The third-order valence-corrected chi connectivity index (χ3v) is 4.04. The highest BCUT2D eigenvalue weighted by Crippen LogP contribution is 2.19. The average Bonchev–Trinajstić information content (AvgIpc) is 2.40. The van der Waals surface area contributed by atoms with E-state index < -0.39 is 5.60 Å². The number of amides is 1. The Bertz CT molecular complexity index is 298. The van der Waals surface area contributed by atoms with E-state index in [2.05, 4.69) is 10.2 Å². The van der Waals surface area contributed by atoms with Gasteiger partial charge in [-0.15, -0.1) is 0 Å². The van der Waals surface area contributed by atoms with Gasteiger partial charge in [-0.2, -0.15) is 0 Å². The zero-order chi connectivity index (χ0) is 13.7. The second-order valence-electron chi connectivity index (χ2n) is 5.73. The summed E-state index contributed by atoms with van der Waals surface area (Å²) in [5.41, 5.74) is 5.04. The van der Waals surface area contributed by atoms with Crippen molar-refractivity contribution in [1.82, 2.24) is 10.2 Å². The number of carbonyl (C=O) groups excluding carboxylic acids is 1. The second kappa shape index (κ2) is 6.65. The van der Waals surface area contributed by atoms with Gasteiger partial charge in [-0.25, -0.2) is 0 Å². The number of ether oxygens (including phenoxy) is 1. The van der Waals surface area contributed by atoms with Gasteiger partial charge in [-0.05, 0) is 12.8 Å². The molecule has 0 aromatic rings. The Labute approximate surface area is 114 Å². The minimum absolute atomic E-state index is 0.0182. The standard InChI is InChI=1S/C13H25N3O3/c14-11-1-5-16(6-2-11)9-12(17)15-10-13(18)3-7-19-8-4-13/h11,18H,1-10,14H2,(H,15,17). The molecule has 2 heterocycles. The van der Waals surface area contributed by atoms with Gasteiger partial charge >= 0.3 is 0 Å². The van der Waals surface area contributed by atoms with E-state index in [1.165, 1.54) is 0 Å². The molecule has 0 atom stereocenters. The highest BCUT2D eigenvalue weighted by molar-refractivity contribution is 5.78. The van der Waals surface area contributed by atoms with Crippen LogP contribution in [0.4, 0.5) is 0 Å². The molecule has 2 aliphatic rings. The Kier molecular flexibility index (Phi) is 5.15. The fraction of sp³-hybridized carbons (Fsp3) is 0.923. The predicted molar refractivity (Wildman–Crippen MR) is 71.7 cm³/mol. The number of likely N-dealkylation sites (tertiary alicyclic amines) is 1. The summed E-state index contributed by atoms with van der Waals surface area (Å²) in [7, 11) is 0. The van der Waals surface area contributed by atoms with Crippen molar-refractivity contribution in [2.45, 2.75) is 37.3 Å². The van der Waals surface area contributed by atoms with E-state index in [-0.39, 0.29) is 11.9 Å². The summed E-state index contributed by atoms with van der Waals surface area (Å²) in [5.74, 6) is -0.0182. The molecule has 6 nitrogen and oxygen atoms in total. The lowest BCUT2D eigenvalue weighted by Crippen LogP contribution is -2.50. The number of carbonyl (C=O) groups is 1. The van der Waals surface area contributed by atoms with Gasteiger partial charge in [0.25, 0.3) is 0 Å². The van der Waals surface area contributed by atoms with Crippen molar-refractivity contribution in [3.05, 3.63) is 0 Å². The highest BCUT2D eigenvalue weighted by Gasteiger charge is 2.30. The van der Waals surface area contributed by atoms with Gasteiger partial charge < -0.3 is 20.9 Å². The molecule has 19 heavy (non-hydrogen) atoms. The van der Waals surface area contributed by atoms with E-state index in [0.29, 0.717) is 39.1 Å². The van der Waals surface area contributed by atoms with Crippen LogP contribution in [0.5, 0.6) is 0 Å². The Balaban J connectivity index is 1.66. The highest BCUT2D eigenvalue weighted by atomic mass is 16.5. The molecule has 0 aliphatic carbocycles. The van der Waals surface area contributed by atoms with Crippen LogP contribution in [-0.4, -0.2) is 66.9 Å². The number of aliphatic hydroxyl groups is 1. The molecule has 4 N–H and O–H groups in total. The number of hydrogen-bond acceptors (Lipinski definition) is 5. The van der Waals surface area contributed by atoms with Crippen molar-refractivity contribution in [3.8, 4) is 0 Å². The molecule has 0 radical (unpaired) electrons. The van der Waals surface area contributed by atoms with Crippen LogP contribution in [0.2, 0.25) is 0 Å². The molecule has 2 rings (SSSR count). The van der Waals surface area contributed by atoms with Crippen molar-refractivity contribution in [2.75, 3.05) is 39.4 Å². The predicted octanol–water partition coefficient (Wildman–Crippen LogP) is -0.933. The number of hydrogen-bond donors (Lipinski definition) is 3. The third kappa shape index (κ3) is 4.72. The lowest BCUT2D eigenvalue weighted by Gasteiger charge is -2.33. The maximum absolute atomic E-state index is 11.9. The molecular formula is C13H25N3O3. The smallest absolute Gasteiger partial charge is 0.234 e. The van der Waals surface area contributed by atoms with Crippen molar-refractivity contribution in [3.63, 3.8) is 0 Å². The summed E-state index contributed by atoms with van der Waals surface area (Å²) in [6, 6.07) is 0.280. The van der Waals surface area contributed by atoms with Crippen LogP contribution in [-0.2, 0) is 9.53 Å². The van der Waals surface area contributed by atoms with E-state index in [4.69, 9.17) is 10.5 Å². The lowest BCUT2D eigenvalue weighted by molar-refractivity contribution is -0.125. The van der Waals surface area contributed by atoms with Crippen LogP contribution >= 0.6 is 0 Å². The fourth-order valence-electron chi connectivity index (χ4n) is 2.56. The van der Waals surface area contributed by atoms with Crippen molar-refractivity contribution < 1.29 is 14.6 Å². The van der Waals surface area contributed by atoms with Crippen LogP contribution in [0, 0.1) is 0 Å². The fourth-order valence-corrected chi connectivity index (χ4v) is 2.56. The Morgan fingerprint density at radius 1 is 1.37 bits per heavy atom. The first-order valence-electron chi connectivity index (χ1n) is 7.12. The van der Waals surface area contributed by atoms with Crippen LogP contribution in [0.3, 0.4) is 0 Å². The lowest BCUT2D eigenvalue weighted by atomic mass is 9.94. The van der Waals surface area contributed by atoms with Gasteiger partial charge in [0.1, 0.15) is 0 Å². The minimum Gasteiger partial charge on any atom is -0.388 e. The van der Waals surface area contributed by atoms with E-state index in [9.17, 15) is 9.90 Å². The van der Waals surface area contributed by atoms with Gasteiger partial charge in [0.05, 0.1) is 12.1 Å². The molecule has 0 aromatic heterocycles. The molecule has 2 aliphatic heterocycles. The van der Waals surface area contributed by atoms with Crippen LogP contribution in [0.25, 0.3) is 0 Å². The second-order valence-corrected chi connectivity index (χ2v) is 5.73. The van der Waals surface area contributed by atoms with E-state index in [1.807, 2.05) is 0 Å². The van der Waals surface area contributed by atoms with Crippen LogP contribution < -0.4 is 11.1 Å². The maximum Gasteiger partial charge on any atom is 0.234 e. The monoisotopic (exact) mass is 271 g/mol.